The van der Waals surface area contributed by atoms with Crippen LogP contribution in [0.1, 0.15) is 18.1 Å². The lowest BCUT2D eigenvalue weighted by molar-refractivity contribution is 0.165. The van der Waals surface area contributed by atoms with E-state index in [4.69, 9.17) is 10.5 Å². The minimum atomic E-state index is -0.589. The molecule has 0 aliphatic carbocycles. The van der Waals surface area contributed by atoms with Crippen molar-refractivity contribution in [2.24, 2.45) is 5.73 Å². The molecule has 3 N–H and O–H groups in total. The van der Waals surface area contributed by atoms with Crippen LogP contribution in [0.2, 0.25) is 0 Å². The molecule has 0 saturated heterocycles. The molecule has 0 amide bonds. The van der Waals surface area contributed by atoms with E-state index >= 15 is 0 Å². The quantitative estimate of drug-likeness (QED) is 0.710. The molecule has 1 aromatic heterocycles. The number of methoxy groups -OCH3 is 1. The van der Waals surface area contributed by atoms with E-state index in [-0.39, 0.29) is 0 Å². The van der Waals surface area contributed by atoms with E-state index in [1.54, 1.807) is 18.3 Å². The van der Waals surface area contributed by atoms with Gasteiger partial charge >= 0.3 is 0 Å². The lowest BCUT2D eigenvalue weighted by atomic mass is 10.1. The number of ether oxygens (including phenoxy) is 1. The van der Waals surface area contributed by atoms with Gasteiger partial charge in [-0.2, -0.15) is 0 Å². The van der Waals surface area contributed by atoms with Gasteiger partial charge in [-0.1, -0.05) is 0 Å². The van der Waals surface area contributed by atoms with Crippen molar-refractivity contribution in [3.8, 4) is 5.88 Å². The van der Waals surface area contributed by atoms with Gasteiger partial charge in [-0.25, -0.2) is 4.98 Å². The lowest BCUT2D eigenvalue weighted by Gasteiger charge is -2.11. The Hall–Kier alpha value is -1.13. The number of rotatable bonds is 4. The summed E-state index contributed by atoms with van der Waals surface area (Å²) in [5, 5.41) is 9.63. The Morgan fingerprint density at radius 2 is 2.46 bits per heavy atom. The van der Waals surface area contributed by atoms with Gasteiger partial charge in [-0.15, -0.1) is 0 Å². The molecule has 0 fully saturated rings. The third-order valence-electron chi connectivity index (χ3n) is 1.79. The summed E-state index contributed by atoms with van der Waals surface area (Å²) in [7, 11) is 1.53. The first-order chi connectivity index (χ1) is 6.29. The molecule has 0 aliphatic heterocycles. The maximum atomic E-state index is 9.63. The standard InChI is InChI=1S/C9H14N2O2/c1-13-9-7(3-2-6-11-9)8(12)4-5-10/h2-3,6,8,12H,4-5,10H2,1H3. The largest absolute Gasteiger partial charge is 0.481 e. The van der Waals surface area contributed by atoms with Gasteiger partial charge in [0, 0.05) is 11.8 Å². The molecule has 1 aromatic rings. The Bertz CT molecular complexity index is 266. The van der Waals surface area contributed by atoms with Crippen molar-refractivity contribution in [3.05, 3.63) is 23.9 Å². The van der Waals surface area contributed by atoms with E-state index in [1.165, 1.54) is 7.11 Å². The van der Waals surface area contributed by atoms with Gasteiger partial charge < -0.3 is 15.6 Å². The van der Waals surface area contributed by atoms with Crippen molar-refractivity contribution in [2.45, 2.75) is 12.5 Å². The number of nitrogens with two attached hydrogens (primary N) is 1. The van der Waals surface area contributed by atoms with Crippen molar-refractivity contribution in [1.82, 2.24) is 4.98 Å². The van der Waals surface area contributed by atoms with E-state index in [0.29, 0.717) is 24.4 Å². The minimum absolute atomic E-state index is 0.444. The Morgan fingerprint density at radius 1 is 1.69 bits per heavy atom. The highest BCUT2D eigenvalue weighted by Gasteiger charge is 2.12. The van der Waals surface area contributed by atoms with E-state index in [2.05, 4.69) is 4.98 Å². The highest BCUT2D eigenvalue weighted by molar-refractivity contribution is 5.27. The van der Waals surface area contributed by atoms with Gasteiger partial charge in [0.15, 0.2) is 0 Å². The molecule has 72 valence electrons. The fourth-order valence-corrected chi connectivity index (χ4v) is 1.14. The van der Waals surface area contributed by atoms with Crippen molar-refractivity contribution < 1.29 is 9.84 Å². The zero-order valence-electron chi connectivity index (χ0n) is 7.60. The summed E-state index contributed by atoms with van der Waals surface area (Å²) in [4.78, 5) is 3.98. The number of aromatic nitrogens is 1. The van der Waals surface area contributed by atoms with Crippen LogP contribution in [-0.4, -0.2) is 23.7 Å². The molecular formula is C9H14N2O2. The molecule has 1 heterocycles. The van der Waals surface area contributed by atoms with Crippen LogP contribution in [0.5, 0.6) is 5.88 Å². The average molecular weight is 182 g/mol. The zero-order chi connectivity index (χ0) is 9.68. The molecule has 1 atom stereocenters. The van der Waals surface area contributed by atoms with E-state index < -0.39 is 6.10 Å². The Labute approximate surface area is 77.4 Å². The molecule has 0 aromatic carbocycles. The molecular weight excluding hydrogens is 168 g/mol. The molecule has 4 heteroatoms. The molecule has 1 unspecified atom stereocenters. The third kappa shape index (κ3) is 2.40. The summed E-state index contributed by atoms with van der Waals surface area (Å²) in [5.41, 5.74) is 6.03. The molecule has 0 spiro atoms. The van der Waals surface area contributed by atoms with Crippen LogP contribution in [-0.2, 0) is 0 Å². The smallest absolute Gasteiger partial charge is 0.218 e. The van der Waals surface area contributed by atoms with E-state index in [9.17, 15) is 5.11 Å². The highest BCUT2D eigenvalue weighted by atomic mass is 16.5. The first-order valence-electron chi connectivity index (χ1n) is 4.16. The van der Waals surface area contributed by atoms with Crippen molar-refractivity contribution in [2.75, 3.05) is 13.7 Å². The lowest BCUT2D eigenvalue weighted by Crippen LogP contribution is -2.08. The van der Waals surface area contributed by atoms with Crippen LogP contribution in [0.15, 0.2) is 18.3 Å². The van der Waals surface area contributed by atoms with Gasteiger partial charge in [0.2, 0.25) is 5.88 Å². The number of hydrogen-bond acceptors (Lipinski definition) is 4. The maximum absolute atomic E-state index is 9.63. The number of pyridine rings is 1. The second-order valence-electron chi connectivity index (χ2n) is 2.70. The number of aliphatic hydroxyl groups excluding tert-OH is 1. The maximum Gasteiger partial charge on any atom is 0.218 e. The normalized spacial score (nSPS) is 12.5. The molecule has 13 heavy (non-hydrogen) atoms. The van der Waals surface area contributed by atoms with E-state index in [1.807, 2.05) is 0 Å². The molecule has 0 radical (unpaired) electrons. The van der Waals surface area contributed by atoms with Crippen LogP contribution in [0.3, 0.4) is 0 Å². The third-order valence-corrected chi connectivity index (χ3v) is 1.79. The molecule has 1 rings (SSSR count). The molecule has 4 nitrogen and oxygen atoms in total. The van der Waals surface area contributed by atoms with Gasteiger partial charge in [-0.3, -0.25) is 0 Å². The minimum Gasteiger partial charge on any atom is -0.481 e. The monoisotopic (exact) mass is 182 g/mol. The Kier molecular flexibility index (Phi) is 3.67. The second-order valence-corrected chi connectivity index (χ2v) is 2.70. The second kappa shape index (κ2) is 4.79. The predicted molar refractivity (Wildman–Crippen MR) is 49.4 cm³/mol. The van der Waals surface area contributed by atoms with Crippen molar-refractivity contribution in [1.29, 1.82) is 0 Å². The van der Waals surface area contributed by atoms with Gasteiger partial charge in [-0.05, 0) is 25.1 Å². The van der Waals surface area contributed by atoms with Crippen molar-refractivity contribution in [3.63, 3.8) is 0 Å². The fraction of sp³-hybridized carbons (Fsp3) is 0.444. The van der Waals surface area contributed by atoms with Crippen LogP contribution < -0.4 is 10.5 Å². The number of aliphatic hydroxyl groups is 1. The van der Waals surface area contributed by atoms with Crippen molar-refractivity contribution >= 4 is 0 Å². The summed E-state index contributed by atoms with van der Waals surface area (Å²) in [5.74, 6) is 0.462. The number of hydrogen-bond donors (Lipinski definition) is 2. The van der Waals surface area contributed by atoms with Crippen LogP contribution >= 0.6 is 0 Å². The summed E-state index contributed by atoms with van der Waals surface area (Å²) in [6.45, 7) is 0.444. The van der Waals surface area contributed by atoms with Crippen LogP contribution in [0.25, 0.3) is 0 Å². The zero-order valence-corrected chi connectivity index (χ0v) is 7.60. The average Bonchev–Trinajstić information content (AvgIpc) is 2.18. The summed E-state index contributed by atoms with van der Waals surface area (Å²) in [6.07, 6.45) is 1.55. The molecule has 0 bridgehead atoms. The van der Waals surface area contributed by atoms with Gasteiger partial charge in [0.25, 0.3) is 0 Å². The summed E-state index contributed by atoms with van der Waals surface area (Å²) >= 11 is 0. The number of nitrogens with zero attached hydrogens (tertiary/aromatic N) is 1. The van der Waals surface area contributed by atoms with Crippen LogP contribution in [0, 0.1) is 0 Å². The fourth-order valence-electron chi connectivity index (χ4n) is 1.14. The Morgan fingerprint density at radius 3 is 3.08 bits per heavy atom. The van der Waals surface area contributed by atoms with E-state index in [0.717, 1.165) is 0 Å². The predicted octanol–water partition coefficient (Wildman–Crippen LogP) is 0.472. The SMILES string of the molecule is COc1ncccc1C(O)CCN. The first kappa shape index (κ1) is 9.95. The first-order valence-corrected chi connectivity index (χ1v) is 4.16. The summed E-state index contributed by atoms with van der Waals surface area (Å²) in [6, 6.07) is 3.55. The highest BCUT2D eigenvalue weighted by Crippen LogP contribution is 2.23. The van der Waals surface area contributed by atoms with Gasteiger partial charge in [0.1, 0.15) is 0 Å². The van der Waals surface area contributed by atoms with Crippen LogP contribution in [0.4, 0.5) is 0 Å². The Balaban J connectivity index is 2.85. The molecule has 0 saturated carbocycles. The summed E-state index contributed by atoms with van der Waals surface area (Å²) < 4.78 is 5.00. The van der Waals surface area contributed by atoms with Gasteiger partial charge in [0.05, 0.1) is 13.2 Å². The molecule has 0 aliphatic rings. The topological polar surface area (TPSA) is 68.4 Å².